The first-order valence-electron chi connectivity index (χ1n) is 5.79. The number of nitrogens with zero attached hydrogens (tertiary/aromatic N) is 1. The summed E-state index contributed by atoms with van der Waals surface area (Å²) in [5, 5.41) is 22.3. The fraction of sp³-hybridized carbons (Fsp3) is 0.417. The van der Waals surface area contributed by atoms with Crippen molar-refractivity contribution in [3.63, 3.8) is 0 Å². The van der Waals surface area contributed by atoms with Crippen LogP contribution < -0.4 is 5.32 Å². The molecule has 0 spiro atoms. The normalized spacial score (nSPS) is 23.6. The van der Waals surface area contributed by atoms with Gasteiger partial charge in [-0.3, -0.25) is 9.69 Å². The van der Waals surface area contributed by atoms with E-state index in [2.05, 4.69) is 5.32 Å². The number of β-amino-alcohol motifs (C(OH)–C–C–N with tert-alkyl or cyclic N) is 2. The molecule has 2 atom stereocenters. The standard InChI is InChI=1S/C12H14Cl2N2O3/c13-7-1-2-8(14)9(3-7)15-12(19)6-16-4-10(17)11(18)5-16/h1-3,10-11,17-18H,4-6H2,(H,15,19)/t10-,11+. The highest BCUT2D eigenvalue weighted by atomic mass is 35.5. The van der Waals surface area contributed by atoms with Gasteiger partial charge in [-0.25, -0.2) is 0 Å². The Morgan fingerprint density at radius 3 is 2.58 bits per heavy atom. The van der Waals surface area contributed by atoms with Gasteiger partial charge in [-0.15, -0.1) is 0 Å². The Morgan fingerprint density at radius 1 is 1.32 bits per heavy atom. The zero-order valence-electron chi connectivity index (χ0n) is 10.0. The molecule has 1 fully saturated rings. The fourth-order valence-electron chi connectivity index (χ4n) is 1.96. The second kappa shape index (κ2) is 6.07. The summed E-state index contributed by atoms with van der Waals surface area (Å²) >= 11 is 11.8. The Morgan fingerprint density at radius 2 is 1.95 bits per heavy atom. The minimum atomic E-state index is -0.803. The summed E-state index contributed by atoms with van der Waals surface area (Å²) in [6.45, 7) is 0.632. The molecule has 19 heavy (non-hydrogen) atoms. The molecule has 3 N–H and O–H groups in total. The number of aliphatic hydroxyl groups excluding tert-OH is 2. The summed E-state index contributed by atoms with van der Waals surface area (Å²) in [4.78, 5) is 13.5. The van der Waals surface area contributed by atoms with Crippen LogP contribution in [0.25, 0.3) is 0 Å². The molecule has 7 heteroatoms. The number of anilines is 1. The van der Waals surface area contributed by atoms with Crippen LogP contribution in [-0.2, 0) is 4.79 Å². The van der Waals surface area contributed by atoms with Gasteiger partial charge >= 0.3 is 0 Å². The highest BCUT2D eigenvalue weighted by molar-refractivity contribution is 6.35. The SMILES string of the molecule is O=C(CN1C[C@@H](O)[C@@H](O)C1)Nc1cc(Cl)ccc1Cl. The third-order valence-corrected chi connectivity index (χ3v) is 3.47. The maximum Gasteiger partial charge on any atom is 0.238 e. The average Bonchev–Trinajstić information content (AvgIpc) is 2.63. The molecule has 1 amide bonds. The van der Waals surface area contributed by atoms with Crippen LogP contribution in [0, 0.1) is 0 Å². The molecule has 0 aromatic heterocycles. The summed E-state index contributed by atoms with van der Waals surface area (Å²) in [6, 6.07) is 4.80. The lowest BCUT2D eigenvalue weighted by atomic mass is 10.3. The number of halogens is 2. The molecular weight excluding hydrogens is 291 g/mol. The van der Waals surface area contributed by atoms with Crippen molar-refractivity contribution in [1.82, 2.24) is 4.90 Å². The van der Waals surface area contributed by atoms with Crippen LogP contribution in [0.3, 0.4) is 0 Å². The molecule has 1 saturated heterocycles. The first-order chi connectivity index (χ1) is 8.95. The highest BCUT2D eigenvalue weighted by Crippen LogP contribution is 2.25. The largest absolute Gasteiger partial charge is 0.389 e. The van der Waals surface area contributed by atoms with Gasteiger partial charge in [0.2, 0.25) is 5.91 Å². The van der Waals surface area contributed by atoms with Crippen LogP contribution in [0.5, 0.6) is 0 Å². The van der Waals surface area contributed by atoms with Crippen LogP contribution in [0.1, 0.15) is 0 Å². The molecule has 1 heterocycles. The maximum absolute atomic E-state index is 11.8. The van der Waals surface area contributed by atoms with Gasteiger partial charge in [0.25, 0.3) is 0 Å². The topological polar surface area (TPSA) is 72.8 Å². The van der Waals surface area contributed by atoms with Gasteiger partial charge in [0, 0.05) is 18.1 Å². The van der Waals surface area contributed by atoms with E-state index >= 15 is 0 Å². The van der Waals surface area contributed by atoms with Gasteiger partial charge in [-0.2, -0.15) is 0 Å². The molecule has 0 saturated carbocycles. The highest BCUT2D eigenvalue weighted by Gasteiger charge is 2.30. The monoisotopic (exact) mass is 304 g/mol. The minimum Gasteiger partial charge on any atom is -0.389 e. The van der Waals surface area contributed by atoms with Crippen molar-refractivity contribution in [3.8, 4) is 0 Å². The Hall–Kier alpha value is -0.850. The van der Waals surface area contributed by atoms with E-state index in [9.17, 15) is 15.0 Å². The molecule has 1 aliphatic rings. The zero-order chi connectivity index (χ0) is 14.0. The first-order valence-corrected chi connectivity index (χ1v) is 6.54. The predicted octanol–water partition coefficient (Wildman–Crippen LogP) is 0.969. The number of carbonyl (C=O) groups excluding carboxylic acids is 1. The van der Waals surface area contributed by atoms with E-state index in [1.54, 1.807) is 23.1 Å². The van der Waals surface area contributed by atoms with Gasteiger partial charge in [-0.1, -0.05) is 23.2 Å². The van der Waals surface area contributed by atoms with E-state index < -0.39 is 12.2 Å². The summed E-state index contributed by atoms with van der Waals surface area (Å²) in [5.74, 6) is -0.273. The number of amides is 1. The third-order valence-electron chi connectivity index (χ3n) is 2.90. The lowest BCUT2D eigenvalue weighted by molar-refractivity contribution is -0.117. The smallest absolute Gasteiger partial charge is 0.238 e. The number of likely N-dealkylation sites (tertiary alicyclic amines) is 1. The number of hydrogen-bond donors (Lipinski definition) is 3. The summed E-state index contributed by atoms with van der Waals surface area (Å²) in [6.07, 6.45) is -1.61. The first kappa shape index (κ1) is 14.6. The number of aliphatic hydroxyl groups is 2. The van der Waals surface area contributed by atoms with Crippen molar-refractivity contribution in [2.45, 2.75) is 12.2 Å². The van der Waals surface area contributed by atoms with Crippen molar-refractivity contribution < 1.29 is 15.0 Å². The van der Waals surface area contributed by atoms with E-state index in [4.69, 9.17) is 23.2 Å². The average molecular weight is 305 g/mol. The number of benzene rings is 1. The Kier molecular flexibility index (Phi) is 4.65. The van der Waals surface area contributed by atoms with E-state index in [1.807, 2.05) is 0 Å². The van der Waals surface area contributed by atoms with Gasteiger partial charge < -0.3 is 15.5 Å². The van der Waals surface area contributed by atoms with E-state index in [1.165, 1.54) is 0 Å². The zero-order valence-corrected chi connectivity index (χ0v) is 11.5. The molecule has 1 aromatic rings. The van der Waals surface area contributed by atoms with Crippen molar-refractivity contribution >= 4 is 34.8 Å². The quantitative estimate of drug-likeness (QED) is 0.778. The molecule has 2 rings (SSSR count). The summed E-state index contributed by atoms with van der Waals surface area (Å²) in [7, 11) is 0. The van der Waals surface area contributed by atoms with Gasteiger partial charge in [0.05, 0.1) is 29.5 Å². The van der Waals surface area contributed by atoms with Crippen LogP contribution in [0.15, 0.2) is 18.2 Å². The molecule has 5 nitrogen and oxygen atoms in total. The predicted molar refractivity (Wildman–Crippen MR) is 73.5 cm³/mol. The van der Waals surface area contributed by atoms with E-state index in [0.29, 0.717) is 15.7 Å². The van der Waals surface area contributed by atoms with Crippen LogP contribution in [0.2, 0.25) is 10.0 Å². The molecule has 0 radical (unpaired) electrons. The number of hydrogen-bond acceptors (Lipinski definition) is 4. The van der Waals surface area contributed by atoms with Gasteiger partial charge in [0.1, 0.15) is 0 Å². The molecule has 1 aromatic carbocycles. The molecule has 0 aliphatic carbocycles. The summed E-state index contributed by atoms with van der Waals surface area (Å²) < 4.78 is 0. The Bertz CT molecular complexity index is 474. The van der Waals surface area contributed by atoms with Crippen molar-refractivity contribution in [2.24, 2.45) is 0 Å². The van der Waals surface area contributed by atoms with Crippen LogP contribution >= 0.6 is 23.2 Å². The van der Waals surface area contributed by atoms with Gasteiger partial charge in [-0.05, 0) is 18.2 Å². The fourth-order valence-corrected chi connectivity index (χ4v) is 2.30. The molecule has 104 valence electrons. The van der Waals surface area contributed by atoms with E-state index in [-0.39, 0.29) is 25.5 Å². The molecule has 0 unspecified atom stereocenters. The molecular formula is C12H14Cl2N2O3. The Balaban J connectivity index is 1.93. The lowest BCUT2D eigenvalue weighted by Gasteiger charge is -2.14. The third kappa shape index (κ3) is 3.81. The maximum atomic E-state index is 11.8. The lowest BCUT2D eigenvalue weighted by Crippen LogP contribution is -2.32. The minimum absolute atomic E-state index is 0.0803. The number of nitrogens with one attached hydrogen (secondary N) is 1. The van der Waals surface area contributed by atoms with Crippen molar-refractivity contribution in [3.05, 3.63) is 28.2 Å². The molecule has 0 bridgehead atoms. The summed E-state index contributed by atoms with van der Waals surface area (Å²) in [5.41, 5.74) is 0.444. The van der Waals surface area contributed by atoms with E-state index in [0.717, 1.165) is 0 Å². The molecule has 1 aliphatic heterocycles. The van der Waals surface area contributed by atoms with Crippen LogP contribution in [-0.4, -0.2) is 52.9 Å². The second-order valence-corrected chi connectivity index (χ2v) is 5.34. The number of rotatable bonds is 3. The Labute approximate surface area is 120 Å². The van der Waals surface area contributed by atoms with Gasteiger partial charge in [0.15, 0.2) is 0 Å². The number of carbonyl (C=O) groups is 1. The second-order valence-electron chi connectivity index (χ2n) is 4.50. The van der Waals surface area contributed by atoms with Crippen molar-refractivity contribution in [2.75, 3.05) is 25.0 Å². The van der Waals surface area contributed by atoms with Crippen LogP contribution in [0.4, 0.5) is 5.69 Å². The van der Waals surface area contributed by atoms with Crippen molar-refractivity contribution in [1.29, 1.82) is 0 Å².